The van der Waals surface area contributed by atoms with Crippen molar-refractivity contribution < 1.29 is 14.7 Å². The van der Waals surface area contributed by atoms with E-state index in [1.807, 2.05) is 29.2 Å². The normalized spacial score (nSPS) is 15.9. The summed E-state index contributed by atoms with van der Waals surface area (Å²) in [5, 5.41) is 12.5. The molecule has 0 bridgehead atoms. The maximum Gasteiger partial charge on any atom is 0.253 e. The molecule has 1 aliphatic heterocycles. The van der Waals surface area contributed by atoms with Crippen molar-refractivity contribution in [1.82, 2.24) is 10.2 Å². The fraction of sp³-hybridized carbons (Fsp3) is 0.600. The van der Waals surface area contributed by atoms with Gasteiger partial charge in [-0.1, -0.05) is 12.1 Å². The number of piperidine rings is 1. The lowest BCUT2D eigenvalue weighted by Crippen LogP contribution is -2.39. The topological polar surface area (TPSA) is 69.6 Å². The predicted molar refractivity (Wildman–Crippen MR) is 98.4 cm³/mol. The molecule has 1 aliphatic rings. The summed E-state index contributed by atoms with van der Waals surface area (Å²) in [4.78, 5) is 26.1. The third-order valence-electron chi connectivity index (χ3n) is 4.85. The first-order valence-corrected chi connectivity index (χ1v) is 9.09. The van der Waals surface area contributed by atoms with Crippen molar-refractivity contribution in [3.05, 3.63) is 35.4 Å². The third kappa shape index (κ3) is 6.16. The van der Waals surface area contributed by atoms with E-state index in [1.165, 1.54) is 0 Å². The molecule has 0 aliphatic carbocycles. The minimum Gasteiger partial charge on any atom is -0.390 e. The van der Waals surface area contributed by atoms with Gasteiger partial charge >= 0.3 is 0 Å². The fourth-order valence-corrected chi connectivity index (χ4v) is 3.20. The summed E-state index contributed by atoms with van der Waals surface area (Å²) in [6.07, 6.45) is 3.70. The van der Waals surface area contributed by atoms with Gasteiger partial charge in [-0.3, -0.25) is 9.59 Å². The van der Waals surface area contributed by atoms with Gasteiger partial charge in [-0.15, -0.1) is 0 Å². The van der Waals surface area contributed by atoms with Gasteiger partial charge in [-0.05, 0) is 63.1 Å². The second-order valence-electron chi connectivity index (χ2n) is 7.63. The zero-order valence-corrected chi connectivity index (χ0v) is 15.5. The Bertz CT molecular complexity index is 599. The molecule has 0 aromatic heterocycles. The number of aliphatic hydroxyl groups is 1. The summed E-state index contributed by atoms with van der Waals surface area (Å²) in [6, 6.07) is 7.70. The molecule has 1 aromatic rings. The van der Waals surface area contributed by atoms with E-state index in [-0.39, 0.29) is 11.8 Å². The van der Waals surface area contributed by atoms with Crippen molar-refractivity contribution in [2.75, 3.05) is 20.1 Å². The molecule has 138 valence electrons. The molecular formula is C20H30N2O3. The molecule has 1 fully saturated rings. The Morgan fingerprint density at radius 2 is 1.96 bits per heavy atom. The van der Waals surface area contributed by atoms with Gasteiger partial charge in [0.25, 0.3) is 5.91 Å². The van der Waals surface area contributed by atoms with Crippen LogP contribution in [-0.2, 0) is 11.2 Å². The highest BCUT2D eigenvalue weighted by atomic mass is 16.3. The first-order valence-electron chi connectivity index (χ1n) is 9.09. The zero-order chi connectivity index (χ0) is 18.4. The van der Waals surface area contributed by atoms with Crippen LogP contribution in [0.25, 0.3) is 0 Å². The van der Waals surface area contributed by atoms with Crippen LogP contribution >= 0.6 is 0 Å². The first kappa shape index (κ1) is 19.4. The van der Waals surface area contributed by atoms with E-state index in [4.69, 9.17) is 0 Å². The molecule has 0 unspecified atom stereocenters. The zero-order valence-electron chi connectivity index (χ0n) is 15.5. The fourth-order valence-electron chi connectivity index (χ4n) is 3.20. The average molecular weight is 346 g/mol. The average Bonchev–Trinajstić information content (AvgIpc) is 2.59. The molecule has 2 N–H and O–H groups in total. The largest absolute Gasteiger partial charge is 0.390 e. The summed E-state index contributed by atoms with van der Waals surface area (Å²) in [7, 11) is 1.66. The molecule has 1 saturated heterocycles. The third-order valence-corrected chi connectivity index (χ3v) is 4.85. The number of likely N-dealkylation sites (tertiary alicyclic amines) is 1. The number of nitrogens with one attached hydrogen (secondary N) is 1. The van der Waals surface area contributed by atoms with Crippen LogP contribution in [0.3, 0.4) is 0 Å². The van der Waals surface area contributed by atoms with Crippen molar-refractivity contribution in [3.8, 4) is 0 Å². The summed E-state index contributed by atoms with van der Waals surface area (Å²) in [6.45, 7) is 5.00. The highest BCUT2D eigenvalue weighted by Crippen LogP contribution is 2.22. The summed E-state index contributed by atoms with van der Waals surface area (Å²) < 4.78 is 0. The lowest BCUT2D eigenvalue weighted by atomic mass is 9.92. The minimum absolute atomic E-state index is 0.0588. The van der Waals surface area contributed by atoms with Crippen molar-refractivity contribution in [1.29, 1.82) is 0 Å². The Balaban J connectivity index is 1.92. The van der Waals surface area contributed by atoms with Gasteiger partial charge in [-0.2, -0.15) is 0 Å². The summed E-state index contributed by atoms with van der Waals surface area (Å²) in [5.74, 6) is 0.495. The monoisotopic (exact) mass is 346 g/mol. The molecule has 2 amide bonds. The van der Waals surface area contributed by atoms with Crippen LogP contribution in [-0.4, -0.2) is 47.6 Å². The van der Waals surface area contributed by atoms with Crippen LogP contribution < -0.4 is 5.32 Å². The SMILES string of the molecule is CNC(=O)CC1CCN(C(=O)c2cccc(CCC(C)(C)O)c2)CC1. The number of nitrogens with zero attached hydrogens (tertiary/aromatic N) is 1. The molecule has 5 heteroatoms. The van der Waals surface area contributed by atoms with Crippen LogP contribution in [0.5, 0.6) is 0 Å². The molecule has 1 heterocycles. The number of amides is 2. The van der Waals surface area contributed by atoms with E-state index in [0.717, 1.165) is 24.8 Å². The van der Waals surface area contributed by atoms with Crippen LogP contribution in [0.1, 0.15) is 55.5 Å². The van der Waals surface area contributed by atoms with Crippen molar-refractivity contribution in [2.24, 2.45) is 5.92 Å². The molecular weight excluding hydrogens is 316 g/mol. The maximum atomic E-state index is 12.7. The quantitative estimate of drug-likeness (QED) is 0.831. The van der Waals surface area contributed by atoms with Crippen molar-refractivity contribution in [3.63, 3.8) is 0 Å². The van der Waals surface area contributed by atoms with Gasteiger partial charge in [0.1, 0.15) is 0 Å². The standard InChI is InChI=1S/C20H30N2O3/c1-20(2,25)10-7-15-5-4-6-17(13-15)19(24)22-11-8-16(9-12-22)14-18(23)21-3/h4-6,13,16,25H,7-12,14H2,1-3H3,(H,21,23). The van der Waals surface area contributed by atoms with Gasteiger partial charge in [0, 0.05) is 32.1 Å². The Morgan fingerprint density at radius 3 is 2.56 bits per heavy atom. The second kappa shape index (κ2) is 8.48. The number of carbonyl (C=O) groups excluding carboxylic acids is 2. The number of hydrogen-bond acceptors (Lipinski definition) is 3. The van der Waals surface area contributed by atoms with Gasteiger partial charge in [-0.25, -0.2) is 0 Å². The van der Waals surface area contributed by atoms with Crippen LogP contribution in [0.15, 0.2) is 24.3 Å². The molecule has 0 radical (unpaired) electrons. The first-order chi connectivity index (χ1) is 11.8. The van der Waals surface area contributed by atoms with Gasteiger partial charge < -0.3 is 15.3 Å². The number of hydrogen-bond donors (Lipinski definition) is 2. The lowest BCUT2D eigenvalue weighted by molar-refractivity contribution is -0.121. The Morgan fingerprint density at radius 1 is 1.28 bits per heavy atom. The molecule has 5 nitrogen and oxygen atoms in total. The van der Waals surface area contributed by atoms with Crippen LogP contribution in [0.2, 0.25) is 0 Å². The Labute approximate surface area is 150 Å². The maximum absolute atomic E-state index is 12.7. The Hall–Kier alpha value is -1.88. The molecule has 25 heavy (non-hydrogen) atoms. The molecule has 2 rings (SSSR count). The predicted octanol–water partition coefficient (Wildman–Crippen LogP) is 2.38. The van der Waals surface area contributed by atoms with E-state index in [0.29, 0.717) is 37.4 Å². The molecule has 0 spiro atoms. The number of rotatable bonds is 6. The number of carbonyl (C=O) groups is 2. The number of benzene rings is 1. The lowest BCUT2D eigenvalue weighted by Gasteiger charge is -2.31. The molecule has 0 atom stereocenters. The smallest absolute Gasteiger partial charge is 0.253 e. The Kier molecular flexibility index (Phi) is 6.59. The summed E-state index contributed by atoms with van der Waals surface area (Å²) >= 11 is 0. The van der Waals surface area contributed by atoms with E-state index in [9.17, 15) is 14.7 Å². The van der Waals surface area contributed by atoms with Crippen molar-refractivity contribution in [2.45, 2.75) is 51.6 Å². The van der Waals surface area contributed by atoms with Gasteiger partial charge in [0.2, 0.25) is 5.91 Å². The van der Waals surface area contributed by atoms with Gasteiger partial charge in [0.05, 0.1) is 5.60 Å². The van der Waals surface area contributed by atoms with Crippen LogP contribution in [0, 0.1) is 5.92 Å². The number of aryl methyl sites for hydroxylation is 1. The highest BCUT2D eigenvalue weighted by molar-refractivity contribution is 5.94. The van der Waals surface area contributed by atoms with E-state index in [2.05, 4.69) is 5.32 Å². The highest BCUT2D eigenvalue weighted by Gasteiger charge is 2.25. The summed E-state index contributed by atoms with van der Waals surface area (Å²) in [5.41, 5.74) is 1.08. The van der Waals surface area contributed by atoms with Gasteiger partial charge in [0.15, 0.2) is 0 Å². The van der Waals surface area contributed by atoms with E-state index in [1.54, 1.807) is 20.9 Å². The second-order valence-corrected chi connectivity index (χ2v) is 7.63. The minimum atomic E-state index is -0.702. The van der Waals surface area contributed by atoms with E-state index >= 15 is 0 Å². The molecule has 1 aromatic carbocycles. The molecule has 0 saturated carbocycles. The van der Waals surface area contributed by atoms with Crippen molar-refractivity contribution >= 4 is 11.8 Å². The van der Waals surface area contributed by atoms with E-state index < -0.39 is 5.60 Å². The van der Waals surface area contributed by atoms with Crippen LogP contribution in [0.4, 0.5) is 0 Å².